The second-order valence-electron chi connectivity index (χ2n) is 8.51. The van der Waals surface area contributed by atoms with E-state index in [0.717, 1.165) is 42.1 Å². The van der Waals surface area contributed by atoms with E-state index in [1.165, 1.54) is 10.4 Å². The summed E-state index contributed by atoms with van der Waals surface area (Å²) in [7, 11) is -3.85. The second kappa shape index (κ2) is 8.26. The number of pyridine rings is 1. The molecule has 168 valence electrons. The SMILES string of the molecule is Cc1ccc2[nH]c(=O)c(CN(C3CCCC3)S(=O)(=O)c3ccc4c(c3)OCCO4)cc2c1. The van der Waals surface area contributed by atoms with Crippen LogP contribution in [0, 0.1) is 6.92 Å². The van der Waals surface area contributed by atoms with Gasteiger partial charge in [0.25, 0.3) is 5.56 Å². The zero-order valence-electron chi connectivity index (χ0n) is 18.0. The topological polar surface area (TPSA) is 88.7 Å². The number of nitrogens with one attached hydrogen (secondary N) is 1. The van der Waals surface area contributed by atoms with Gasteiger partial charge >= 0.3 is 0 Å². The molecule has 0 radical (unpaired) electrons. The molecule has 1 N–H and O–H groups in total. The fourth-order valence-corrected chi connectivity index (χ4v) is 6.26. The van der Waals surface area contributed by atoms with Crippen molar-refractivity contribution >= 4 is 20.9 Å². The van der Waals surface area contributed by atoms with Gasteiger partial charge in [-0.1, -0.05) is 24.5 Å². The molecule has 0 amide bonds. The van der Waals surface area contributed by atoms with Gasteiger partial charge in [0.2, 0.25) is 10.0 Å². The molecule has 8 heteroatoms. The summed E-state index contributed by atoms with van der Waals surface area (Å²) in [6.45, 7) is 2.84. The predicted molar refractivity (Wildman–Crippen MR) is 122 cm³/mol. The van der Waals surface area contributed by atoms with E-state index in [-0.39, 0.29) is 23.0 Å². The molecule has 2 aromatic carbocycles. The van der Waals surface area contributed by atoms with Crippen molar-refractivity contribution < 1.29 is 17.9 Å². The average Bonchev–Trinajstić information content (AvgIpc) is 3.31. The fraction of sp³-hybridized carbons (Fsp3) is 0.375. The number of ether oxygens (including phenoxy) is 2. The van der Waals surface area contributed by atoms with Crippen LogP contribution in [0.25, 0.3) is 10.9 Å². The minimum Gasteiger partial charge on any atom is -0.486 e. The van der Waals surface area contributed by atoms with Crippen LogP contribution in [0.2, 0.25) is 0 Å². The first-order valence-electron chi connectivity index (χ1n) is 11.0. The molecule has 0 unspecified atom stereocenters. The number of rotatable bonds is 5. The quantitative estimate of drug-likeness (QED) is 0.634. The number of aromatic nitrogens is 1. The molecule has 5 rings (SSSR count). The van der Waals surface area contributed by atoms with Gasteiger partial charge in [-0.15, -0.1) is 0 Å². The van der Waals surface area contributed by atoms with Gasteiger partial charge in [-0.2, -0.15) is 4.31 Å². The maximum atomic E-state index is 13.8. The Morgan fingerprint density at radius 2 is 1.75 bits per heavy atom. The first-order chi connectivity index (χ1) is 15.4. The third-order valence-electron chi connectivity index (χ3n) is 6.26. The van der Waals surface area contributed by atoms with E-state index >= 15 is 0 Å². The lowest BCUT2D eigenvalue weighted by Crippen LogP contribution is -2.39. The Hall–Kier alpha value is -2.84. The highest BCUT2D eigenvalue weighted by molar-refractivity contribution is 7.89. The van der Waals surface area contributed by atoms with Crippen molar-refractivity contribution in [2.24, 2.45) is 0 Å². The highest BCUT2D eigenvalue weighted by Crippen LogP contribution is 2.35. The number of hydrogen-bond acceptors (Lipinski definition) is 5. The molecule has 1 aliphatic carbocycles. The Labute approximate surface area is 187 Å². The van der Waals surface area contributed by atoms with Crippen LogP contribution >= 0.6 is 0 Å². The Morgan fingerprint density at radius 3 is 2.53 bits per heavy atom. The van der Waals surface area contributed by atoms with Crippen molar-refractivity contribution in [3.05, 3.63) is 63.9 Å². The highest BCUT2D eigenvalue weighted by atomic mass is 32.2. The van der Waals surface area contributed by atoms with Crippen molar-refractivity contribution in [1.82, 2.24) is 9.29 Å². The van der Waals surface area contributed by atoms with Crippen LogP contribution < -0.4 is 15.0 Å². The molecule has 1 aliphatic heterocycles. The summed E-state index contributed by atoms with van der Waals surface area (Å²) in [5.41, 5.74) is 2.00. The summed E-state index contributed by atoms with van der Waals surface area (Å²) in [6, 6.07) is 12.2. The van der Waals surface area contributed by atoms with Crippen molar-refractivity contribution in [1.29, 1.82) is 0 Å². The molecule has 3 aromatic rings. The van der Waals surface area contributed by atoms with E-state index in [4.69, 9.17) is 9.47 Å². The molecule has 0 spiro atoms. The zero-order chi connectivity index (χ0) is 22.3. The number of aryl methyl sites for hydroxylation is 1. The maximum absolute atomic E-state index is 13.8. The second-order valence-corrected chi connectivity index (χ2v) is 10.4. The fourth-order valence-electron chi connectivity index (χ4n) is 4.58. The number of aromatic amines is 1. The molecule has 32 heavy (non-hydrogen) atoms. The summed E-state index contributed by atoms with van der Waals surface area (Å²) in [6.07, 6.45) is 3.53. The van der Waals surface area contributed by atoms with E-state index in [1.54, 1.807) is 12.1 Å². The highest BCUT2D eigenvalue weighted by Gasteiger charge is 2.34. The number of H-pyrrole nitrogens is 1. The lowest BCUT2D eigenvalue weighted by atomic mass is 10.1. The van der Waals surface area contributed by atoms with Gasteiger partial charge < -0.3 is 14.5 Å². The Kier molecular flexibility index (Phi) is 5.43. The molecule has 2 aliphatic rings. The molecule has 1 fully saturated rings. The largest absolute Gasteiger partial charge is 0.486 e. The predicted octanol–water partition coefficient (Wildman–Crippen LogP) is 3.74. The summed E-state index contributed by atoms with van der Waals surface area (Å²) in [5, 5.41) is 0.891. The first-order valence-corrected chi connectivity index (χ1v) is 12.4. The maximum Gasteiger partial charge on any atom is 0.252 e. The van der Waals surface area contributed by atoms with Crippen LogP contribution in [0.5, 0.6) is 11.5 Å². The van der Waals surface area contributed by atoms with Crippen LogP contribution in [0.4, 0.5) is 0 Å². The van der Waals surface area contributed by atoms with Crippen molar-refractivity contribution in [3.8, 4) is 11.5 Å². The summed E-state index contributed by atoms with van der Waals surface area (Å²) < 4.78 is 40.1. The molecule has 1 saturated carbocycles. The number of nitrogens with zero attached hydrogens (tertiary/aromatic N) is 1. The zero-order valence-corrected chi connectivity index (χ0v) is 18.8. The van der Waals surface area contributed by atoms with Gasteiger partial charge in [0.1, 0.15) is 13.2 Å². The Balaban J connectivity index is 1.55. The average molecular weight is 455 g/mol. The Morgan fingerprint density at radius 1 is 1.00 bits per heavy atom. The standard InChI is InChI=1S/C24H26N2O5S/c1-16-6-8-21-17(12-16)13-18(24(27)25-21)15-26(19-4-2-3-5-19)32(28,29)20-7-9-22-23(14-20)31-11-10-30-22/h6-9,12-14,19H,2-5,10-11,15H2,1H3,(H,25,27). The van der Waals surface area contributed by atoms with E-state index < -0.39 is 10.0 Å². The normalized spacial score (nSPS) is 16.7. The van der Waals surface area contributed by atoms with E-state index in [2.05, 4.69) is 4.98 Å². The van der Waals surface area contributed by atoms with Crippen LogP contribution in [0.15, 0.2) is 52.2 Å². The summed E-state index contributed by atoms with van der Waals surface area (Å²) >= 11 is 0. The van der Waals surface area contributed by atoms with Crippen LogP contribution in [0.3, 0.4) is 0 Å². The third-order valence-corrected chi connectivity index (χ3v) is 8.15. The minimum absolute atomic E-state index is 0.0284. The molecule has 1 aromatic heterocycles. The summed E-state index contributed by atoms with van der Waals surface area (Å²) in [5.74, 6) is 0.978. The van der Waals surface area contributed by atoms with E-state index in [1.807, 2.05) is 31.2 Å². The monoisotopic (exact) mass is 454 g/mol. The van der Waals surface area contributed by atoms with Crippen molar-refractivity contribution in [2.45, 2.75) is 50.1 Å². The molecular formula is C24H26N2O5S. The molecule has 7 nitrogen and oxygen atoms in total. The van der Waals surface area contributed by atoms with E-state index in [0.29, 0.717) is 30.3 Å². The molecule has 0 saturated heterocycles. The van der Waals surface area contributed by atoms with Gasteiger partial charge in [-0.05, 0) is 55.5 Å². The molecular weight excluding hydrogens is 428 g/mol. The van der Waals surface area contributed by atoms with Gasteiger partial charge in [0.05, 0.1) is 4.90 Å². The molecule has 0 atom stereocenters. The van der Waals surface area contributed by atoms with Gasteiger partial charge in [-0.3, -0.25) is 4.79 Å². The Bertz CT molecular complexity index is 1330. The van der Waals surface area contributed by atoms with Crippen molar-refractivity contribution in [2.75, 3.05) is 13.2 Å². The lowest BCUT2D eigenvalue weighted by molar-refractivity contribution is 0.171. The third kappa shape index (κ3) is 3.89. The minimum atomic E-state index is -3.85. The number of sulfonamides is 1. The number of hydrogen-bond donors (Lipinski definition) is 1. The van der Waals surface area contributed by atoms with Crippen molar-refractivity contribution in [3.63, 3.8) is 0 Å². The molecule has 2 heterocycles. The van der Waals surface area contributed by atoms with Crippen LogP contribution in [-0.2, 0) is 16.6 Å². The van der Waals surface area contributed by atoms with Gasteiger partial charge in [-0.25, -0.2) is 8.42 Å². The molecule has 0 bridgehead atoms. The number of fused-ring (bicyclic) bond motifs is 2. The number of benzene rings is 2. The van der Waals surface area contributed by atoms with Gasteiger partial charge in [0, 0.05) is 29.7 Å². The van der Waals surface area contributed by atoms with E-state index in [9.17, 15) is 13.2 Å². The van der Waals surface area contributed by atoms with Crippen LogP contribution in [-0.4, -0.2) is 37.0 Å². The van der Waals surface area contributed by atoms with Gasteiger partial charge in [0.15, 0.2) is 11.5 Å². The summed E-state index contributed by atoms with van der Waals surface area (Å²) in [4.78, 5) is 15.9. The smallest absolute Gasteiger partial charge is 0.252 e. The lowest BCUT2D eigenvalue weighted by Gasteiger charge is -2.28. The van der Waals surface area contributed by atoms with Crippen LogP contribution in [0.1, 0.15) is 36.8 Å². The first kappa shape index (κ1) is 21.0.